The molecule has 68 valence electrons. The van der Waals surface area contributed by atoms with Crippen LogP contribution in [-0.2, 0) is 0 Å². The van der Waals surface area contributed by atoms with Gasteiger partial charge in [0, 0.05) is 10.5 Å². The van der Waals surface area contributed by atoms with Crippen molar-refractivity contribution >= 4 is 11.8 Å². The van der Waals surface area contributed by atoms with Gasteiger partial charge in [-0.25, -0.2) is 0 Å². The molecule has 3 fully saturated rings. The second-order valence-electron chi connectivity index (χ2n) is 4.83. The van der Waals surface area contributed by atoms with E-state index in [1.54, 1.807) is 32.1 Å². The van der Waals surface area contributed by atoms with Crippen molar-refractivity contribution in [2.24, 2.45) is 11.8 Å². The molecule has 0 aromatic carbocycles. The predicted octanol–water partition coefficient (Wildman–Crippen LogP) is 3.46. The Balaban J connectivity index is 1.75. The van der Waals surface area contributed by atoms with Gasteiger partial charge in [0.05, 0.1) is 0 Å². The highest BCUT2D eigenvalue weighted by Gasteiger charge is 2.41. The van der Waals surface area contributed by atoms with Crippen LogP contribution in [0.15, 0.2) is 0 Å². The minimum atomic E-state index is 1.09. The Bertz CT molecular complexity index is 142. The molecule has 0 unspecified atom stereocenters. The third kappa shape index (κ3) is 1.13. The van der Waals surface area contributed by atoms with E-state index in [0.717, 1.165) is 22.3 Å². The largest absolute Gasteiger partial charge is 0.155 e. The van der Waals surface area contributed by atoms with Crippen LogP contribution in [0.3, 0.4) is 0 Å². The summed E-state index contributed by atoms with van der Waals surface area (Å²) in [4.78, 5) is 0. The van der Waals surface area contributed by atoms with Gasteiger partial charge in [0.1, 0.15) is 0 Å². The molecule has 0 bridgehead atoms. The van der Waals surface area contributed by atoms with Gasteiger partial charge in [-0.2, -0.15) is 11.8 Å². The van der Waals surface area contributed by atoms with Crippen LogP contribution in [0, 0.1) is 11.8 Å². The number of fused-ring (bicyclic) bond motifs is 2. The van der Waals surface area contributed by atoms with E-state index in [9.17, 15) is 0 Å². The molecular weight excluding hydrogens is 164 g/mol. The highest BCUT2D eigenvalue weighted by Crippen LogP contribution is 2.52. The Morgan fingerprint density at radius 3 is 1.92 bits per heavy atom. The van der Waals surface area contributed by atoms with Crippen LogP contribution in [0.5, 0.6) is 0 Å². The molecule has 1 heteroatoms. The fourth-order valence-corrected chi connectivity index (χ4v) is 5.51. The van der Waals surface area contributed by atoms with Crippen LogP contribution in [0.1, 0.15) is 44.9 Å². The van der Waals surface area contributed by atoms with E-state index in [0.29, 0.717) is 0 Å². The quantitative estimate of drug-likeness (QED) is 0.553. The van der Waals surface area contributed by atoms with Gasteiger partial charge in [0.15, 0.2) is 0 Å². The molecular formula is C11H18S. The summed E-state index contributed by atoms with van der Waals surface area (Å²) in [6.07, 6.45) is 10.9. The van der Waals surface area contributed by atoms with E-state index in [4.69, 9.17) is 0 Å². The van der Waals surface area contributed by atoms with Gasteiger partial charge >= 0.3 is 0 Å². The molecule has 3 aliphatic rings. The van der Waals surface area contributed by atoms with Crippen LogP contribution in [0.2, 0.25) is 0 Å². The lowest BCUT2D eigenvalue weighted by Gasteiger charge is -2.34. The van der Waals surface area contributed by atoms with Crippen molar-refractivity contribution in [2.75, 3.05) is 0 Å². The molecule has 12 heavy (non-hydrogen) atoms. The van der Waals surface area contributed by atoms with Gasteiger partial charge in [-0.15, -0.1) is 0 Å². The Morgan fingerprint density at radius 1 is 0.750 bits per heavy atom. The van der Waals surface area contributed by atoms with E-state index in [1.807, 2.05) is 0 Å². The predicted molar refractivity (Wildman–Crippen MR) is 54.5 cm³/mol. The van der Waals surface area contributed by atoms with Gasteiger partial charge in [-0.05, 0) is 43.9 Å². The van der Waals surface area contributed by atoms with Crippen molar-refractivity contribution in [1.82, 2.24) is 0 Å². The van der Waals surface area contributed by atoms with E-state index in [-0.39, 0.29) is 0 Å². The van der Waals surface area contributed by atoms with Crippen LogP contribution in [0.25, 0.3) is 0 Å². The van der Waals surface area contributed by atoms with Gasteiger partial charge < -0.3 is 0 Å². The molecule has 0 nitrogen and oxygen atoms in total. The summed E-state index contributed by atoms with van der Waals surface area (Å²) >= 11 is 2.37. The topological polar surface area (TPSA) is 0 Å². The lowest BCUT2D eigenvalue weighted by Crippen LogP contribution is -2.27. The second-order valence-corrected chi connectivity index (χ2v) is 6.31. The molecule has 2 aliphatic carbocycles. The Morgan fingerprint density at radius 2 is 1.33 bits per heavy atom. The molecule has 0 spiro atoms. The van der Waals surface area contributed by atoms with E-state index in [1.165, 1.54) is 12.8 Å². The molecule has 1 saturated heterocycles. The maximum absolute atomic E-state index is 2.37. The summed E-state index contributed by atoms with van der Waals surface area (Å²) in [5.74, 6) is 2.27. The van der Waals surface area contributed by atoms with Crippen molar-refractivity contribution in [3.63, 3.8) is 0 Å². The second kappa shape index (κ2) is 2.94. The molecule has 0 aromatic rings. The molecule has 0 N–H and O–H groups in total. The molecule has 0 aromatic heterocycles. The normalized spacial score (nSPS) is 52.0. The van der Waals surface area contributed by atoms with Crippen molar-refractivity contribution in [2.45, 2.75) is 55.4 Å². The summed E-state index contributed by atoms with van der Waals surface area (Å²) in [6.45, 7) is 0. The average molecular weight is 182 g/mol. The van der Waals surface area contributed by atoms with Crippen LogP contribution in [0.4, 0.5) is 0 Å². The molecule has 4 atom stereocenters. The molecule has 1 heterocycles. The summed E-state index contributed by atoms with van der Waals surface area (Å²) in [6, 6.07) is 0. The zero-order valence-electron chi connectivity index (χ0n) is 7.67. The van der Waals surface area contributed by atoms with Crippen molar-refractivity contribution < 1.29 is 0 Å². The smallest absolute Gasteiger partial charge is 0.00783 e. The number of rotatable bonds is 0. The fraction of sp³-hybridized carbons (Fsp3) is 1.00. The highest BCUT2D eigenvalue weighted by molar-refractivity contribution is 8.00. The Hall–Kier alpha value is 0.350. The summed E-state index contributed by atoms with van der Waals surface area (Å²) < 4.78 is 0. The van der Waals surface area contributed by atoms with E-state index < -0.39 is 0 Å². The van der Waals surface area contributed by atoms with Crippen LogP contribution in [-0.4, -0.2) is 10.5 Å². The summed E-state index contributed by atoms with van der Waals surface area (Å²) in [7, 11) is 0. The van der Waals surface area contributed by atoms with Crippen LogP contribution < -0.4 is 0 Å². The minimum Gasteiger partial charge on any atom is -0.155 e. The SMILES string of the molecule is C1C[C@@H]2C[C@H]3CCC[C@@H]3S[C@H]2C1. The average Bonchev–Trinajstić information content (AvgIpc) is 2.64. The van der Waals surface area contributed by atoms with Gasteiger partial charge in [-0.3, -0.25) is 0 Å². The standard InChI is InChI=1S/C11H18S/c1-3-8-7-9-4-2-6-11(9)12-10(8)5-1/h8-11H,1-7H2/t8-,9-,10+,11+/m1/s1. The molecule has 2 saturated carbocycles. The Labute approximate surface area is 79.5 Å². The molecule has 1 aliphatic heterocycles. The summed E-state index contributed by atoms with van der Waals surface area (Å²) in [5, 5.41) is 2.17. The number of hydrogen-bond donors (Lipinski definition) is 0. The summed E-state index contributed by atoms with van der Waals surface area (Å²) in [5.41, 5.74) is 0. The first kappa shape index (κ1) is 7.73. The fourth-order valence-electron chi connectivity index (χ4n) is 3.52. The molecule has 0 amide bonds. The first-order chi connectivity index (χ1) is 5.93. The lowest BCUT2D eigenvalue weighted by atomic mass is 9.91. The molecule has 0 radical (unpaired) electrons. The third-order valence-corrected chi connectivity index (χ3v) is 6.07. The molecule has 3 rings (SSSR count). The zero-order valence-corrected chi connectivity index (χ0v) is 8.48. The zero-order chi connectivity index (χ0) is 7.97. The van der Waals surface area contributed by atoms with Crippen LogP contribution >= 0.6 is 11.8 Å². The number of thioether (sulfide) groups is 1. The van der Waals surface area contributed by atoms with E-state index >= 15 is 0 Å². The minimum absolute atomic E-state index is 1.09. The van der Waals surface area contributed by atoms with E-state index in [2.05, 4.69) is 11.8 Å². The van der Waals surface area contributed by atoms with Gasteiger partial charge in [0.2, 0.25) is 0 Å². The third-order valence-electron chi connectivity index (χ3n) is 4.13. The first-order valence-corrected chi connectivity index (χ1v) is 6.53. The first-order valence-electron chi connectivity index (χ1n) is 5.59. The monoisotopic (exact) mass is 182 g/mol. The van der Waals surface area contributed by atoms with Crippen molar-refractivity contribution in [1.29, 1.82) is 0 Å². The van der Waals surface area contributed by atoms with Crippen molar-refractivity contribution in [3.05, 3.63) is 0 Å². The maximum atomic E-state index is 2.37. The highest BCUT2D eigenvalue weighted by atomic mass is 32.2. The van der Waals surface area contributed by atoms with Crippen molar-refractivity contribution in [3.8, 4) is 0 Å². The van der Waals surface area contributed by atoms with Gasteiger partial charge in [0.25, 0.3) is 0 Å². The lowest BCUT2D eigenvalue weighted by molar-refractivity contribution is 0.375. The Kier molecular flexibility index (Phi) is 1.89. The maximum Gasteiger partial charge on any atom is 0.00783 e. The number of hydrogen-bond acceptors (Lipinski definition) is 1. The van der Waals surface area contributed by atoms with Gasteiger partial charge in [-0.1, -0.05) is 12.8 Å².